The summed E-state index contributed by atoms with van der Waals surface area (Å²) in [6.45, 7) is 0. The van der Waals surface area contributed by atoms with Gasteiger partial charge in [-0.05, 0) is 42.5 Å². The van der Waals surface area contributed by atoms with Gasteiger partial charge in [-0.2, -0.15) is 0 Å². The fourth-order valence-corrected chi connectivity index (χ4v) is 3.83. The average Bonchev–Trinajstić information content (AvgIpc) is 3.48. The van der Waals surface area contributed by atoms with Crippen LogP contribution in [0.3, 0.4) is 0 Å². The molecule has 2 N–H and O–H groups in total. The van der Waals surface area contributed by atoms with Crippen molar-refractivity contribution in [1.82, 2.24) is 4.98 Å². The van der Waals surface area contributed by atoms with E-state index in [1.807, 2.05) is 18.2 Å². The third-order valence-corrected chi connectivity index (χ3v) is 5.21. The van der Waals surface area contributed by atoms with E-state index in [1.165, 1.54) is 35.4 Å². The Labute approximate surface area is 169 Å². The first-order chi connectivity index (χ1) is 14.6. The number of aromatic nitrogens is 1. The Bertz CT molecular complexity index is 1300. The lowest BCUT2D eigenvalue weighted by atomic mass is 9.99. The van der Waals surface area contributed by atoms with Gasteiger partial charge in [0.15, 0.2) is 0 Å². The molecule has 1 saturated heterocycles. The fraction of sp³-hybridized carbons (Fsp3) is 0.0435. The normalized spacial score (nSPS) is 18.4. The first kappa shape index (κ1) is 17.9. The highest BCUT2D eigenvalue weighted by molar-refractivity contribution is 6.51. The number of aliphatic hydroxyl groups excluding tert-OH is 1. The number of furan rings is 1. The maximum atomic E-state index is 13.4. The van der Waals surface area contributed by atoms with Crippen molar-refractivity contribution in [2.75, 3.05) is 4.90 Å². The van der Waals surface area contributed by atoms with Crippen molar-refractivity contribution in [3.05, 3.63) is 95.8 Å². The Morgan fingerprint density at radius 3 is 2.53 bits per heavy atom. The highest BCUT2D eigenvalue weighted by Gasteiger charge is 2.48. The second-order valence-electron chi connectivity index (χ2n) is 6.91. The van der Waals surface area contributed by atoms with E-state index in [4.69, 9.17) is 4.42 Å². The van der Waals surface area contributed by atoms with Crippen LogP contribution >= 0.6 is 0 Å². The van der Waals surface area contributed by atoms with E-state index in [1.54, 1.807) is 24.4 Å². The van der Waals surface area contributed by atoms with Crippen LogP contribution in [-0.2, 0) is 9.59 Å². The number of Topliss-reactive ketones (excluding diaryl/α,β-unsaturated/α-hetero) is 1. The minimum absolute atomic E-state index is 0.0935. The van der Waals surface area contributed by atoms with Crippen LogP contribution in [0.1, 0.15) is 17.4 Å². The van der Waals surface area contributed by atoms with Crippen LogP contribution in [0.25, 0.3) is 16.7 Å². The van der Waals surface area contributed by atoms with Gasteiger partial charge < -0.3 is 14.5 Å². The SMILES string of the molecule is O=C1C(=O)N(c2ccc(F)cc2)C(c2ccco2)/C1=C(/O)c1c[nH]c2ccccc12. The van der Waals surface area contributed by atoms with Gasteiger partial charge >= 0.3 is 0 Å². The number of ketones is 1. The quantitative estimate of drug-likeness (QED) is 0.300. The van der Waals surface area contributed by atoms with Gasteiger partial charge in [-0.1, -0.05) is 18.2 Å². The van der Waals surface area contributed by atoms with Crippen molar-refractivity contribution >= 4 is 34.0 Å². The van der Waals surface area contributed by atoms with Crippen molar-refractivity contribution in [2.45, 2.75) is 6.04 Å². The minimum Gasteiger partial charge on any atom is -0.507 e. The maximum absolute atomic E-state index is 13.4. The molecule has 5 rings (SSSR count). The van der Waals surface area contributed by atoms with Gasteiger partial charge in [0, 0.05) is 28.4 Å². The predicted octanol–water partition coefficient (Wildman–Crippen LogP) is 4.53. The summed E-state index contributed by atoms with van der Waals surface area (Å²) in [5, 5.41) is 11.8. The molecular formula is C23H15FN2O4. The van der Waals surface area contributed by atoms with E-state index in [2.05, 4.69) is 4.98 Å². The topological polar surface area (TPSA) is 86.5 Å². The van der Waals surface area contributed by atoms with Crippen LogP contribution in [0.4, 0.5) is 10.1 Å². The van der Waals surface area contributed by atoms with Crippen LogP contribution < -0.4 is 4.90 Å². The van der Waals surface area contributed by atoms with Crippen molar-refractivity contribution < 1.29 is 23.5 Å². The lowest BCUT2D eigenvalue weighted by Crippen LogP contribution is -2.29. The molecule has 1 fully saturated rings. The monoisotopic (exact) mass is 402 g/mol. The molecule has 0 spiro atoms. The third kappa shape index (κ3) is 2.63. The zero-order valence-electron chi connectivity index (χ0n) is 15.5. The van der Waals surface area contributed by atoms with Crippen LogP contribution in [0.5, 0.6) is 0 Å². The van der Waals surface area contributed by atoms with E-state index < -0.39 is 23.5 Å². The molecule has 0 bridgehead atoms. The number of fused-ring (bicyclic) bond motifs is 1. The minimum atomic E-state index is -0.987. The Morgan fingerprint density at radius 2 is 1.80 bits per heavy atom. The second-order valence-corrected chi connectivity index (χ2v) is 6.91. The van der Waals surface area contributed by atoms with Crippen molar-refractivity contribution in [1.29, 1.82) is 0 Å². The van der Waals surface area contributed by atoms with E-state index in [0.29, 0.717) is 22.4 Å². The molecule has 1 aliphatic heterocycles. The highest BCUT2D eigenvalue weighted by atomic mass is 19.1. The summed E-state index contributed by atoms with van der Waals surface area (Å²) >= 11 is 0. The predicted molar refractivity (Wildman–Crippen MR) is 108 cm³/mol. The second kappa shape index (κ2) is 6.73. The molecule has 3 heterocycles. The average molecular weight is 402 g/mol. The lowest BCUT2D eigenvalue weighted by Gasteiger charge is -2.23. The number of H-pyrrole nitrogens is 1. The van der Waals surface area contributed by atoms with Crippen molar-refractivity contribution in [3.8, 4) is 0 Å². The number of nitrogens with one attached hydrogen (secondary N) is 1. The number of hydrogen-bond donors (Lipinski definition) is 2. The number of carbonyl (C=O) groups is 2. The molecule has 7 heteroatoms. The lowest BCUT2D eigenvalue weighted by molar-refractivity contribution is -0.132. The third-order valence-electron chi connectivity index (χ3n) is 5.21. The molecule has 148 valence electrons. The first-order valence-corrected chi connectivity index (χ1v) is 9.22. The molecule has 0 saturated carbocycles. The Balaban J connectivity index is 1.74. The smallest absolute Gasteiger partial charge is 0.300 e. The van der Waals surface area contributed by atoms with Crippen LogP contribution in [-0.4, -0.2) is 21.8 Å². The van der Waals surface area contributed by atoms with Crippen LogP contribution in [0, 0.1) is 5.82 Å². The number of carbonyl (C=O) groups excluding carboxylic acids is 2. The molecule has 0 aliphatic carbocycles. The van der Waals surface area contributed by atoms with Crippen LogP contribution in [0.15, 0.2) is 83.1 Å². The Kier molecular flexibility index (Phi) is 4.03. The molecular weight excluding hydrogens is 387 g/mol. The summed E-state index contributed by atoms with van der Waals surface area (Å²) in [5.41, 5.74) is 1.41. The number of aliphatic hydroxyl groups is 1. The van der Waals surface area contributed by atoms with E-state index in [-0.39, 0.29) is 11.3 Å². The van der Waals surface area contributed by atoms with Gasteiger partial charge in [-0.3, -0.25) is 14.5 Å². The molecule has 1 unspecified atom stereocenters. The number of benzene rings is 2. The zero-order chi connectivity index (χ0) is 20.8. The summed E-state index contributed by atoms with van der Waals surface area (Å²) in [6.07, 6.45) is 3.01. The number of rotatable bonds is 3. The zero-order valence-corrected chi connectivity index (χ0v) is 15.5. The largest absolute Gasteiger partial charge is 0.507 e. The number of halogens is 1. The number of amides is 1. The van der Waals surface area contributed by atoms with Crippen LogP contribution in [0.2, 0.25) is 0 Å². The highest BCUT2D eigenvalue weighted by Crippen LogP contribution is 2.43. The number of nitrogens with zero attached hydrogens (tertiary/aromatic N) is 1. The molecule has 4 aromatic rings. The van der Waals surface area contributed by atoms with E-state index >= 15 is 0 Å². The molecule has 0 radical (unpaired) electrons. The van der Waals surface area contributed by atoms with Gasteiger partial charge in [0.25, 0.3) is 11.7 Å². The van der Waals surface area contributed by atoms with Gasteiger partial charge in [0.05, 0.1) is 11.8 Å². The molecule has 1 amide bonds. The summed E-state index contributed by atoms with van der Waals surface area (Å²) < 4.78 is 18.9. The van der Waals surface area contributed by atoms with E-state index in [0.717, 1.165) is 5.52 Å². The maximum Gasteiger partial charge on any atom is 0.300 e. The molecule has 30 heavy (non-hydrogen) atoms. The first-order valence-electron chi connectivity index (χ1n) is 9.22. The van der Waals surface area contributed by atoms with E-state index in [9.17, 15) is 19.1 Å². The summed E-state index contributed by atoms with van der Waals surface area (Å²) in [4.78, 5) is 30.2. The molecule has 2 aromatic heterocycles. The summed E-state index contributed by atoms with van der Waals surface area (Å²) in [6, 6.07) is 14.8. The molecule has 6 nitrogen and oxygen atoms in total. The molecule has 2 aromatic carbocycles. The number of para-hydroxylation sites is 1. The summed E-state index contributed by atoms with van der Waals surface area (Å²) in [5.74, 6) is -2.15. The number of aromatic amines is 1. The summed E-state index contributed by atoms with van der Waals surface area (Å²) in [7, 11) is 0. The molecule has 1 aliphatic rings. The van der Waals surface area contributed by atoms with Gasteiger partial charge in [0.2, 0.25) is 0 Å². The van der Waals surface area contributed by atoms with Crippen molar-refractivity contribution in [3.63, 3.8) is 0 Å². The number of hydrogen-bond acceptors (Lipinski definition) is 4. The van der Waals surface area contributed by atoms with Gasteiger partial charge in [-0.15, -0.1) is 0 Å². The fourth-order valence-electron chi connectivity index (χ4n) is 3.83. The van der Waals surface area contributed by atoms with Crippen molar-refractivity contribution in [2.24, 2.45) is 0 Å². The number of anilines is 1. The Morgan fingerprint density at radius 1 is 1.03 bits per heavy atom. The Hall–Kier alpha value is -4.13. The van der Waals surface area contributed by atoms with Gasteiger partial charge in [-0.25, -0.2) is 4.39 Å². The van der Waals surface area contributed by atoms with Gasteiger partial charge in [0.1, 0.15) is 23.4 Å². The standard InChI is InChI=1S/C23H15FN2O4/c24-13-7-9-14(10-8-13)26-20(18-6-3-11-30-18)19(22(28)23(26)29)21(27)16-12-25-17-5-2-1-4-15(16)17/h1-12,20,25,27H/b21-19-. The molecule has 1 atom stereocenters.